The molecule has 1 N–H and O–H groups in total. The van der Waals surface area contributed by atoms with Gasteiger partial charge in [-0.2, -0.15) is 0 Å². The zero-order valence-corrected chi connectivity index (χ0v) is 18.0. The average Bonchev–Trinajstić information content (AvgIpc) is 3.23. The van der Waals surface area contributed by atoms with Crippen LogP contribution in [-0.2, 0) is 17.8 Å². The van der Waals surface area contributed by atoms with Crippen LogP contribution in [0.2, 0.25) is 0 Å². The number of thiazole rings is 1. The van der Waals surface area contributed by atoms with Gasteiger partial charge in [-0.3, -0.25) is 4.79 Å². The molecular formula is C23H24N2O4S. The van der Waals surface area contributed by atoms with Crippen LogP contribution in [-0.4, -0.2) is 32.2 Å². The molecule has 3 aromatic rings. The zero-order valence-electron chi connectivity index (χ0n) is 17.2. The third kappa shape index (κ3) is 5.61. The van der Waals surface area contributed by atoms with Gasteiger partial charge in [-0.25, -0.2) is 4.98 Å². The molecule has 6 nitrogen and oxygen atoms in total. The molecule has 0 radical (unpaired) electrons. The number of amides is 1. The third-order valence-corrected chi connectivity index (χ3v) is 5.25. The van der Waals surface area contributed by atoms with Crippen molar-refractivity contribution in [2.24, 2.45) is 0 Å². The summed E-state index contributed by atoms with van der Waals surface area (Å²) in [5.74, 6) is 1.37. The summed E-state index contributed by atoms with van der Waals surface area (Å²) in [4.78, 5) is 16.8. The van der Waals surface area contributed by atoms with E-state index < -0.39 is 0 Å². The number of aromatic nitrogens is 1. The van der Waals surface area contributed by atoms with Crippen molar-refractivity contribution >= 4 is 23.3 Å². The number of benzene rings is 2. The molecule has 0 aliphatic heterocycles. The lowest BCUT2D eigenvalue weighted by Gasteiger charge is -2.12. The van der Waals surface area contributed by atoms with E-state index in [2.05, 4.69) is 22.4 Å². The SMILES string of the molecule is COc1cc(/C=C/C(=O)NCc2csc(Cc3ccccc3)n2)cc(OC)c1OC. The fraction of sp³-hybridized carbons (Fsp3) is 0.217. The van der Waals surface area contributed by atoms with Crippen molar-refractivity contribution in [1.29, 1.82) is 0 Å². The minimum atomic E-state index is -0.207. The van der Waals surface area contributed by atoms with Crippen molar-refractivity contribution in [1.82, 2.24) is 10.3 Å². The second kappa shape index (κ2) is 10.5. The van der Waals surface area contributed by atoms with Crippen LogP contribution in [0.15, 0.2) is 53.9 Å². The van der Waals surface area contributed by atoms with Crippen LogP contribution in [0.1, 0.15) is 21.8 Å². The molecule has 0 atom stereocenters. The van der Waals surface area contributed by atoms with Crippen LogP contribution >= 0.6 is 11.3 Å². The Hall–Kier alpha value is -3.32. The average molecular weight is 425 g/mol. The molecule has 0 fully saturated rings. The maximum atomic E-state index is 12.2. The van der Waals surface area contributed by atoms with Gasteiger partial charge in [-0.15, -0.1) is 11.3 Å². The minimum Gasteiger partial charge on any atom is -0.493 e. The maximum Gasteiger partial charge on any atom is 0.244 e. The van der Waals surface area contributed by atoms with Crippen molar-refractivity contribution in [2.75, 3.05) is 21.3 Å². The Kier molecular flexibility index (Phi) is 7.45. The standard InChI is InChI=1S/C23H24N2O4S/c1-27-19-11-17(12-20(28-2)23(19)29-3)9-10-21(26)24-14-18-15-30-22(25-18)13-16-7-5-4-6-8-16/h4-12,15H,13-14H2,1-3H3,(H,24,26)/b10-9+. The van der Waals surface area contributed by atoms with E-state index in [1.807, 2.05) is 23.6 Å². The summed E-state index contributed by atoms with van der Waals surface area (Å²) in [5.41, 5.74) is 2.83. The number of rotatable bonds is 9. The van der Waals surface area contributed by atoms with Crippen LogP contribution in [0, 0.1) is 0 Å². The van der Waals surface area contributed by atoms with E-state index in [1.54, 1.807) is 50.9 Å². The predicted octanol–water partition coefficient (Wildman–Crippen LogP) is 4.09. The summed E-state index contributed by atoms with van der Waals surface area (Å²) in [6, 6.07) is 13.8. The second-order valence-corrected chi connectivity index (χ2v) is 7.35. The molecule has 3 rings (SSSR count). The lowest BCUT2D eigenvalue weighted by atomic mass is 10.1. The van der Waals surface area contributed by atoms with Crippen LogP contribution in [0.25, 0.3) is 6.08 Å². The molecule has 0 spiro atoms. The topological polar surface area (TPSA) is 69.7 Å². The van der Waals surface area contributed by atoms with Gasteiger partial charge in [0.1, 0.15) is 0 Å². The molecule has 0 unspecified atom stereocenters. The molecule has 0 saturated heterocycles. The van der Waals surface area contributed by atoms with Crippen molar-refractivity contribution in [3.63, 3.8) is 0 Å². The van der Waals surface area contributed by atoms with Gasteiger partial charge in [-0.05, 0) is 29.3 Å². The minimum absolute atomic E-state index is 0.207. The lowest BCUT2D eigenvalue weighted by molar-refractivity contribution is -0.116. The molecule has 30 heavy (non-hydrogen) atoms. The Morgan fingerprint density at radius 1 is 1.07 bits per heavy atom. The van der Waals surface area contributed by atoms with Gasteiger partial charge in [0, 0.05) is 17.9 Å². The van der Waals surface area contributed by atoms with Crippen LogP contribution < -0.4 is 19.5 Å². The summed E-state index contributed by atoms with van der Waals surface area (Å²) < 4.78 is 16.0. The number of methoxy groups -OCH3 is 3. The van der Waals surface area contributed by atoms with Crippen molar-refractivity contribution in [3.05, 3.63) is 75.7 Å². The molecule has 1 aromatic heterocycles. The number of hydrogen-bond acceptors (Lipinski definition) is 6. The number of carbonyl (C=O) groups is 1. The van der Waals surface area contributed by atoms with Crippen molar-refractivity contribution in [2.45, 2.75) is 13.0 Å². The first-order valence-electron chi connectivity index (χ1n) is 9.36. The molecule has 0 saturated carbocycles. The number of hydrogen-bond donors (Lipinski definition) is 1. The van der Waals surface area contributed by atoms with Crippen molar-refractivity contribution in [3.8, 4) is 17.2 Å². The molecule has 0 aliphatic carbocycles. The number of nitrogens with one attached hydrogen (secondary N) is 1. The lowest BCUT2D eigenvalue weighted by Crippen LogP contribution is -2.20. The van der Waals surface area contributed by atoms with E-state index >= 15 is 0 Å². The normalized spacial score (nSPS) is 10.8. The quantitative estimate of drug-likeness (QED) is 0.524. The summed E-state index contributed by atoms with van der Waals surface area (Å²) >= 11 is 1.60. The Morgan fingerprint density at radius 2 is 1.77 bits per heavy atom. The second-order valence-electron chi connectivity index (χ2n) is 6.40. The number of nitrogens with zero attached hydrogens (tertiary/aromatic N) is 1. The smallest absolute Gasteiger partial charge is 0.244 e. The van der Waals surface area contributed by atoms with E-state index in [0.29, 0.717) is 23.8 Å². The van der Waals surface area contributed by atoms with Gasteiger partial charge in [0.05, 0.1) is 38.6 Å². The molecule has 7 heteroatoms. The number of carbonyl (C=O) groups excluding carboxylic acids is 1. The van der Waals surface area contributed by atoms with Crippen LogP contribution in [0.5, 0.6) is 17.2 Å². The van der Waals surface area contributed by atoms with Crippen molar-refractivity contribution < 1.29 is 19.0 Å². The first-order chi connectivity index (χ1) is 14.6. The third-order valence-electron chi connectivity index (χ3n) is 4.36. The Labute approximate surface area is 180 Å². The monoisotopic (exact) mass is 424 g/mol. The van der Waals surface area contributed by atoms with E-state index in [4.69, 9.17) is 14.2 Å². The fourth-order valence-corrected chi connectivity index (χ4v) is 3.72. The molecule has 0 bridgehead atoms. The van der Waals surface area contributed by atoms with Gasteiger partial charge >= 0.3 is 0 Å². The molecular weight excluding hydrogens is 400 g/mol. The predicted molar refractivity (Wildman–Crippen MR) is 118 cm³/mol. The number of ether oxygens (including phenoxy) is 3. The molecule has 1 heterocycles. The Morgan fingerprint density at radius 3 is 2.40 bits per heavy atom. The first kappa shape index (κ1) is 21.4. The van der Waals surface area contributed by atoms with Gasteiger partial charge in [-0.1, -0.05) is 30.3 Å². The summed E-state index contributed by atoms with van der Waals surface area (Å²) in [6.45, 7) is 0.379. The highest BCUT2D eigenvalue weighted by Gasteiger charge is 2.12. The van der Waals surface area contributed by atoms with Crippen LogP contribution in [0.3, 0.4) is 0 Å². The van der Waals surface area contributed by atoms with Gasteiger partial charge in [0.2, 0.25) is 11.7 Å². The fourth-order valence-electron chi connectivity index (χ4n) is 2.89. The molecule has 156 valence electrons. The Bertz CT molecular complexity index is 990. The van der Waals surface area contributed by atoms with E-state index in [0.717, 1.165) is 22.7 Å². The zero-order chi connectivity index (χ0) is 21.3. The van der Waals surface area contributed by atoms with Crippen LogP contribution in [0.4, 0.5) is 0 Å². The Balaban J connectivity index is 1.58. The van der Waals surface area contributed by atoms with Gasteiger partial charge < -0.3 is 19.5 Å². The van der Waals surface area contributed by atoms with E-state index in [9.17, 15) is 4.79 Å². The molecule has 2 aromatic carbocycles. The first-order valence-corrected chi connectivity index (χ1v) is 10.2. The summed E-state index contributed by atoms with van der Waals surface area (Å²) in [6.07, 6.45) is 3.96. The largest absolute Gasteiger partial charge is 0.493 e. The van der Waals surface area contributed by atoms with E-state index in [1.165, 1.54) is 11.6 Å². The summed E-state index contributed by atoms with van der Waals surface area (Å²) in [5, 5.41) is 5.86. The maximum absolute atomic E-state index is 12.2. The highest BCUT2D eigenvalue weighted by Crippen LogP contribution is 2.38. The molecule has 1 amide bonds. The summed E-state index contributed by atoms with van der Waals surface area (Å²) in [7, 11) is 4.65. The highest BCUT2D eigenvalue weighted by molar-refractivity contribution is 7.09. The molecule has 0 aliphatic rings. The van der Waals surface area contributed by atoms with E-state index in [-0.39, 0.29) is 5.91 Å². The highest BCUT2D eigenvalue weighted by atomic mass is 32.1. The van der Waals surface area contributed by atoms with Gasteiger partial charge in [0.15, 0.2) is 11.5 Å². The van der Waals surface area contributed by atoms with Gasteiger partial charge in [0.25, 0.3) is 0 Å².